The van der Waals surface area contributed by atoms with Crippen molar-refractivity contribution in [3.05, 3.63) is 96.7 Å². The predicted molar refractivity (Wildman–Crippen MR) is 133 cm³/mol. The topological polar surface area (TPSA) is 67.2 Å². The van der Waals surface area contributed by atoms with E-state index in [0.717, 1.165) is 55.7 Å². The smallest absolute Gasteiger partial charge is 0.207 e. The molecule has 4 N–H and O–H groups in total. The highest BCUT2D eigenvalue weighted by atomic mass is 16.1. The summed E-state index contributed by atoms with van der Waals surface area (Å²) in [5.41, 5.74) is 12.3. The quantitative estimate of drug-likeness (QED) is 0.211. The molecule has 162 valence electrons. The molecule has 0 saturated heterocycles. The summed E-state index contributed by atoms with van der Waals surface area (Å²) in [5, 5.41) is 5.87. The molecule has 0 aromatic heterocycles. The first kappa shape index (κ1) is 23.7. The molecule has 0 unspecified atom stereocenters. The van der Waals surface area contributed by atoms with Crippen molar-refractivity contribution in [2.24, 2.45) is 0 Å². The molecule has 3 aromatic rings. The van der Waals surface area contributed by atoms with E-state index in [-0.39, 0.29) is 0 Å². The van der Waals surface area contributed by atoms with E-state index in [4.69, 9.17) is 5.73 Å². The van der Waals surface area contributed by atoms with Crippen molar-refractivity contribution in [2.75, 3.05) is 17.6 Å². The first-order valence-corrected chi connectivity index (χ1v) is 10.7. The lowest BCUT2D eigenvalue weighted by atomic mass is 10.0. The number of benzene rings is 3. The molecule has 0 spiro atoms. The van der Waals surface area contributed by atoms with Crippen molar-refractivity contribution in [3.8, 4) is 11.1 Å². The van der Waals surface area contributed by atoms with E-state index in [0.29, 0.717) is 0 Å². The Labute approximate surface area is 186 Å². The SMILES string of the molecule is C=C(CCCCCNC=O)Nc1ccccc1N.Cc1cccc(-c2ccccc2)c1. The maximum Gasteiger partial charge on any atom is 0.207 e. The van der Waals surface area contributed by atoms with Crippen LogP contribution in [-0.2, 0) is 4.79 Å². The Morgan fingerprint density at radius 2 is 1.61 bits per heavy atom. The molecule has 3 rings (SSSR count). The van der Waals surface area contributed by atoms with Gasteiger partial charge in [0.15, 0.2) is 0 Å². The number of hydrogen-bond acceptors (Lipinski definition) is 3. The van der Waals surface area contributed by atoms with Crippen LogP contribution < -0.4 is 16.4 Å². The van der Waals surface area contributed by atoms with Gasteiger partial charge in [-0.3, -0.25) is 4.79 Å². The van der Waals surface area contributed by atoms with Gasteiger partial charge < -0.3 is 16.4 Å². The summed E-state index contributed by atoms with van der Waals surface area (Å²) in [6.07, 6.45) is 4.78. The van der Waals surface area contributed by atoms with Crippen molar-refractivity contribution in [2.45, 2.75) is 32.6 Å². The number of allylic oxidation sites excluding steroid dienone is 1. The molecule has 0 bridgehead atoms. The fourth-order valence-electron chi connectivity index (χ4n) is 3.12. The van der Waals surface area contributed by atoms with Gasteiger partial charge in [-0.25, -0.2) is 0 Å². The lowest BCUT2D eigenvalue weighted by molar-refractivity contribution is -0.109. The number of hydrogen-bond donors (Lipinski definition) is 3. The molecule has 1 amide bonds. The van der Waals surface area contributed by atoms with Crippen molar-refractivity contribution in [3.63, 3.8) is 0 Å². The third kappa shape index (κ3) is 9.22. The molecule has 0 aliphatic rings. The van der Waals surface area contributed by atoms with Crippen LogP contribution in [0.1, 0.15) is 31.2 Å². The minimum absolute atomic E-state index is 0.730. The Morgan fingerprint density at radius 1 is 0.903 bits per heavy atom. The number of nitrogens with one attached hydrogen (secondary N) is 2. The van der Waals surface area contributed by atoms with E-state index < -0.39 is 0 Å². The monoisotopic (exact) mass is 415 g/mol. The summed E-state index contributed by atoms with van der Waals surface area (Å²) in [4.78, 5) is 10.0. The minimum Gasteiger partial charge on any atom is -0.397 e. The average Bonchev–Trinajstić information content (AvgIpc) is 2.79. The number of nitrogen functional groups attached to an aromatic ring is 1. The van der Waals surface area contributed by atoms with Crippen LogP contribution in [0.25, 0.3) is 11.1 Å². The van der Waals surface area contributed by atoms with Crippen molar-refractivity contribution in [1.82, 2.24) is 5.32 Å². The van der Waals surface area contributed by atoms with Crippen LogP contribution >= 0.6 is 0 Å². The van der Waals surface area contributed by atoms with E-state index in [1.54, 1.807) is 0 Å². The minimum atomic E-state index is 0.730. The number of carbonyl (C=O) groups excluding carboxylic acids is 1. The van der Waals surface area contributed by atoms with E-state index in [1.807, 2.05) is 30.3 Å². The second-order valence-corrected chi connectivity index (χ2v) is 7.43. The number of anilines is 2. The summed E-state index contributed by atoms with van der Waals surface area (Å²) in [6.45, 7) is 6.85. The first-order valence-electron chi connectivity index (χ1n) is 10.7. The van der Waals surface area contributed by atoms with Gasteiger partial charge in [-0.2, -0.15) is 0 Å². The second kappa shape index (κ2) is 13.6. The number of carbonyl (C=O) groups is 1. The number of para-hydroxylation sites is 2. The van der Waals surface area contributed by atoms with Crippen LogP contribution in [0.3, 0.4) is 0 Å². The van der Waals surface area contributed by atoms with Gasteiger partial charge in [0.1, 0.15) is 0 Å². The van der Waals surface area contributed by atoms with Crippen LogP contribution in [0, 0.1) is 6.92 Å². The molecule has 31 heavy (non-hydrogen) atoms. The summed E-state index contributed by atoms with van der Waals surface area (Å²) < 4.78 is 0. The molecule has 4 heteroatoms. The lowest BCUT2D eigenvalue weighted by Gasteiger charge is -2.11. The molecule has 0 heterocycles. The Bertz CT molecular complexity index is 938. The average molecular weight is 416 g/mol. The Morgan fingerprint density at radius 3 is 2.32 bits per heavy atom. The van der Waals surface area contributed by atoms with Crippen molar-refractivity contribution in [1.29, 1.82) is 0 Å². The molecular formula is C27H33N3O. The third-order valence-electron chi connectivity index (χ3n) is 4.78. The third-order valence-corrected chi connectivity index (χ3v) is 4.78. The van der Waals surface area contributed by atoms with Crippen LogP contribution in [0.5, 0.6) is 0 Å². The summed E-state index contributed by atoms with van der Waals surface area (Å²) in [6, 6.07) is 26.6. The van der Waals surface area contributed by atoms with Crippen LogP contribution in [0.4, 0.5) is 11.4 Å². The zero-order chi connectivity index (χ0) is 22.3. The summed E-state index contributed by atoms with van der Waals surface area (Å²) in [5.74, 6) is 0. The molecule has 4 nitrogen and oxygen atoms in total. The Kier molecular flexibility index (Phi) is 10.5. The molecule has 3 aromatic carbocycles. The van der Waals surface area contributed by atoms with E-state index >= 15 is 0 Å². The normalized spacial score (nSPS) is 9.84. The zero-order valence-electron chi connectivity index (χ0n) is 18.3. The van der Waals surface area contributed by atoms with E-state index in [1.165, 1.54) is 16.7 Å². The molecule has 0 atom stereocenters. The fourth-order valence-corrected chi connectivity index (χ4v) is 3.12. The van der Waals surface area contributed by atoms with E-state index in [9.17, 15) is 4.79 Å². The fraction of sp³-hybridized carbons (Fsp3) is 0.222. The Hall–Kier alpha value is -3.53. The highest BCUT2D eigenvalue weighted by molar-refractivity contribution is 5.67. The standard InChI is InChI=1S/C14H21N3O.C13H12/c1-12(7-3-2-6-10-16-11-18)17-14-9-5-4-8-13(14)15;1-11-6-5-9-13(10-11)12-7-3-2-4-8-12/h4-5,8-9,11,17H,1-3,6-7,10,15H2,(H,16,18);2-10H,1H3. The van der Waals surface area contributed by atoms with Gasteiger partial charge in [-0.1, -0.05) is 85.3 Å². The first-order chi connectivity index (χ1) is 15.1. The molecular weight excluding hydrogens is 382 g/mol. The number of amides is 1. The molecule has 0 aliphatic carbocycles. The summed E-state index contributed by atoms with van der Waals surface area (Å²) >= 11 is 0. The van der Waals surface area contributed by atoms with Gasteiger partial charge in [0.25, 0.3) is 0 Å². The van der Waals surface area contributed by atoms with Crippen LogP contribution in [0.2, 0.25) is 0 Å². The van der Waals surface area contributed by atoms with Gasteiger partial charge in [0, 0.05) is 12.2 Å². The number of nitrogens with two attached hydrogens (primary N) is 1. The van der Waals surface area contributed by atoms with Gasteiger partial charge in [-0.15, -0.1) is 0 Å². The lowest BCUT2D eigenvalue weighted by Crippen LogP contribution is -2.11. The Balaban J connectivity index is 0.000000231. The molecule has 0 radical (unpaired) electrons. The molecule has 0 saturated carbocycles. The second-order valence-electron chi connectivity index (χ2n) is 7.43. The van der Waals surface area contributed by atoms with Gasteiger partial charge in [-0.05, 0) is 49.4 Å². The van der Waals surface area contributed by atoms with Crippen molar-refractivity contribution >= 4 is 17.8 Å². The van der Waals surface area contributed by atoms with Gasteiger partial charge in [0.2, 0.25) is 6.41 Å². The predicted octanol–water partition coefficient (Wildman–Crippen LogP) is 6.16. The number of aryl methyl sites for hydroxylation is 1. The van der Waals surface area contributed by atoms with Gasteiger partial charge in [0.05, 0.1) is 11.4 Å². The van der Waals surface area contributed by atoms with Crippen LogP contribution in [0.15, 0.2) is 91.1 Å². The largest absolute Gasteiger partial charge is 0.397 e. The number of rotatable bonds is 10. The van der Waals surface area contributed by atoms with Crippen molar-refractivity contribution < 1.29 is 4.79 Å². The van der Waals surface area contributed by atoms with Gasteiger partial charge >= 0.3 is 0 Å². The maximum atomic E-state index is 10.0. The van der Waals surface area contributed by atoms with E-state index in [2.05, 4.69) is 72.7 Å². The number of unbranched alkanes of at least 4 members (excludes halogenated alkanes) is 2. The summed E-state index contributed by atoms with van der Waals surface area (Å²) in [7, 11) is 0. The zero-order valence-corrected chi connectivity index (χ0v) is 18.3. The maximum absolute atomic E-state index is 10.0. The highest BCUT2D eigenvalue weighted by Crippen LogP contribution is 2.20. The highest BCUT2D eigenvalue weighted by Gasteiger charge is 1.99. The molecule has 0 aliphatic heterocycles. The molecule has 0 fully saturated rings. The van der Waals surface area contributed by atoms with Crippen LogP contribution in [-0.4, -0.2) is 13.0 Å².